The van der Waals surface area contributed by atoms with Crippen molar-refractivity contribution in [2.24, 2.45) is 0 Å². The van der Waals surface area contributed by atoms with Gasteiger partial charge in [0.15, 0.2) is 0 Å². The first kappa shape index (κ1) is 14.4. The molecule has 0 bridgehead atoms. The average molecular weight is 323 g/mol. The van der Waals surface area contributed by atoms with Crippen molar-refractivity contribution in [3.05, 3.63) is 33.3 Å². The molecule has 1 rings (SSSR count). The Labute approximate surface area is 115 Å². The molecule has 1 aromatic rings. The lowest BCUT2D eigenvalue weighted by Crippen LogP contribution is -2.17. The molecule has 0 fully saturated rings. The topological polar surface area (TPSA) is 12.0 Å². The third-order valence-electron chi connectivity index (χ3n) is 2.46. The Kier molecular flexibility index (Phi) is 6.81. The van der Waals surface area contributed by atoms with E-state index in [0.717, 1.165) is 27.8 Å². The van der Waals surface area contributed by atoms with Crippen molar-refractivity contribution in [2.75, 3.05) is 12.8 Å². The summed E-state index contributed by atoms with van der Waals surface area (Å²) in [6.45, 7) is 4.19. The molecule has 16 heavy (non-hydrogen) atoms. The maximum absolute atomic E-state index is 5.89. The SMILES string of the molecule is CSC(C)CCNCc1ccc(Cl)cc1Br. The molecule has 1 unspecified atom stereocenters. The summed E-state index contributed by atoms with van der Waals surface area (Å²) in [5, 5.41) is 4.93. The molecule has 90 valence electrons. The molecule has 1 aromatic carbocycles. The van der Waals surface area contributed by atoms with E-state index in [1.807, 2.05) is 23.9 Å². The average Bonchev–Trinajstić information content (AvgIpc) is 2.26. The third kappa shape index (κ3) is 5.09. The molecule has 0 aliphatic carbocycles. The van der Waals surface area contributed by atoms with Crippen LogP contribution in [0, 0.1) is 0 Å². The van der Waals surface area contributed by atoms with E-state index in [9.17, 15) is 0 Å². The van der Waals surface area contributed by atoms with Crippen LogP contribution in [-0.2, 0) is 6.54 Å². The number of benzene rings is 1. The Morgan fingerprint density at radius 3 is 2.88 bits per heavy atom. The third-order valence-corrected chi connectivity index (χ3v) is 4.47. The Balaban J connectivity index is 2.32. The van der Waals surface area contributed by atoms with Gasteiger partial charge in [0.1, 0.15) is 0 Å². The van der Waals surface area contributed by atoms with Crippen molar-refractivity contribution < 1.29 is 0 Å². The van der Waals surface area contributed by atoms with Crippen LogP contribution in [0.1, 0.15) is 18.9 Å². The van der Waals surface area contributed by atoms with Crippen LogP contribution in [0.2, 0.25) is 5.02 Å². The predicted octanol–water partition coefficient (Wildman–Crippen LogP) is 4.33. The quantitative estimate of drug-likeness (QED) is 0.782. The molecular formula is C12H17BrClNS. The number of hydrogen-bond acceptors (Lipinski definition) is 2. The number of thioether (sulfide) groups is 1. The fraction of sp³-hybridized carbons (Fsp3) is 0.500. The van der Waals surface area contributed by atoms with Crippen molar-refractivity contribution in [3.63, 3.8) is 0 Å². The number of hydrogen-bond donors (Lipinski definition) is 1. The Hall–Kier alpha value is 0.300. The number of nitrogens with one attached hydrogen (secondary N) is 1. The summed E-state index contributed by atoms with van der Waals surface area (Å²) in [6, 6.07) is 5.91. The van der Waals surface area contributed by atoms with Crippen LogP contribution >= 0.6 is 39.3 Å². The molecule has 0 aromatic heterocycles. The highest BCUT2D eigenvalue weighted by atomic mass is 79.9. The molecule has 0 spiro atoms. The van der Waals surface area contributed by atoms with E-state index in [1.165, 1.54) is 12.0 Å². The van der Waals surface area contributed by atoms with Crippen LogP contribution in [0.15, 0.2) is 22.7 Å². The van der Waals surface area contributed by atoms with Crippen LogP contribution < -0.4 is 5.32 Å². The van der Waals surface area contributed by atoms with Crippen LogP contribution in [0.25, 0.3) is 0 Å². The maximum Gasteiger partial charge on any atom is 0.0417 e. The normalized spacial score (nSPS) is 12.8. The minimum Gasteiger partial charge on any atom is -0.313 e. The van der Waals surface area contributed by atoms with Gasteiger partial charge in [0.05, 0.1) is 0 Å². The van der Waals surface area contributed by atoms with Crippen LogP contribution in [0.3, 0.4) is 0 Å². The Morgan fingerprint density at radius 2 is 2.25 bits per heavy atom. The van der Waals surface area contributed by atoms with Gasteiger partial charge < -0.3 is 5.32 Å². The monoisotopic (exact) mass is 321 g/mol. The molecule has 1 nitrogen and oxygen atoms in total. The fourth-order valence-electron chi connectivity index (χ4n) is 1.31. The van der Waals surface area contributed by atoms with Crippen molar-refractivity contribution in [3.8, 4) is 0 Å². The first-order chi connectivity index (χ1) is 7.63. The van der Waals surface area contributed by atoms with E-state index in [2.05, 4.69) is 40.5 Å². The second-order valence-corrected chi connectivity index (χ2v) is 6.31. The molecule has 1 atom stereocenters. The second kappa shape index (κ2) is 7.59. The van der Waals surface area contributed by atoms with Crippen LogP contribution in [0.5, 0.6) is 0 Å². The second-order valence-electron chi connectivity index (χ2n) is 3.75. The smallest absolute Gasteiger partial charge is 0.0417 e. The van der Waals surface area contributed by atoms with Crippen LogP contribution in [-0.4, -0.2) is 18.1 Å². The zero-order valence-electron chi connectivity index (χ0n) is 9.59. The lowest BCUT2D eigenvalue weighted by molar-refractivity contribution is 0.647. The molecule has 4 heteroatoms. The zero-order chi connectivity index (χ0) is 12.0. The highest BCUT2D eigenvalue weighted by molar-refractivity contribution is 9.10. The largest absolute Gasteiger partial charge is 0.313 e. The van der Waals surface area contributed by atoms with Gasteiger partial charge in [-0.15, -0.1) is 0 Å². The van der Waals surface area contributed by atoms with Gasteiger partial charge in [-0.25, -0.2) is 0 Å². The van der Waals surface area contributed by atoms with Gasteiger partial charge in [-0.1, -0.05) is 40.5 Å². The van der Waals surface area contributed by atoms with Gasteiger partial charge in [0.25, 0.3) is 0 Å². The van der Waals surface area contributed by atoms with Crippen LogP contribution in [0.4, 0.5) is 0 Å². The van der Waals surface area contributed by atoms with Crippen molar-refractivity contribution >= 4 is 39.3 Å². The molecular weight excluding hydrogens is 306 g/mol. The summed E-state index contributed by atoms with van der Waals surface area (Å²) in [5.41, 5.74) is 1.25. The van der Waals surface area contributed by atoms with Crippen molar-refractivity contribution in [2.45, 2.75) is 25.1 Å². The van der Waals surface area contributed by atoms with Crippen molar-refractivity contribution in [1.82, 2.24) is 5.32 Å². The summed E-state index contributed by atoms with van der Waals surface area (Å²) in [5.74, 6) is 0. The summed E-state index contributed by atoms with van der Waals surface area (Å²) in [7, 11) is 0. The minimum absolute atomic E-state index is 0.723. The summed E-state index contributed by atoms with van der Waals surface area (Å²) >= 11 is 11.3. The molecule has 0 aliphatic heterocycles. The zero-order valence-corrected chi connectivity index (χ0v) is 12.8. The predicted molar refractivity (Wildman–Crippen MR) is 78.5 cm³/mol. The van der Waals surface area contributed by atoms with E-state index < -0.39 is 0 Å². The lowest BCUT2D eigenvalue weighted by atomic mass is 10.2. The lowest BCUT2D eigenvalue weighted by Gasteiger charge is -2.10. The van der Waals surface area contributed by atoms with Gasteiger partial charge in [-0.3, -0.25) is 0 Å². The first-order valence-corrected chi connectivity index (χ1v) is 7.77. The van der Waals surface area contributed by atoms with E-state index in [1.54, 1.807) is 0 Å². The molecule has 0 radical (unpaired) electrons. The van der Waals surface area contributed by atoms with Gasteiger partial charge >= 0.3 is 0 Å². The molecule has 0 aliphatic rings. The fourth-order valence-corrected chi connectivity index (χ4v) is 2.49. The Bertz CT molecular complexity index is 333. The molecule has 0 saturated carbocycles. The van der Waals surface area contributed by atoms with Gasteiger partial charge in [-0.05, 0) is 36.9 Å². The molecule has 0 saturated heterocycles. The van der Waals surface area contributed by atoms with E-state index in [4.69, 9.17) is 11.6 Å². The molecule has 0 amide bonds. The summed E-state index contributed by atoms with van der Waals surface area (Å²) in [4.78, 5) is 0. The summed E-state index contributed by atoms with van der Waals surface area (Å²) in [6.07, 6.45) is 3.35. The highest BCUT2D eigenvalue weighted by Gasteiger charge is 2.01. The standard InChI is InChI=1S/C12H17BrClNS/c1-9(16-2)5-6-15-8-10-3-4-11(14)7-12(10)13/h3-4,7,9,15H,5-6,8H2,1-2H3. The Morgan fingerprint density at radius 1 is 1.50 bits per heavy atom. The van der Waals surface area contributed by atoms with Gasteiger partial charge in [0.2, 0.25) is 0 Å². The van der Waals surface area contributed by atoms with E-state index in [-0.39, 0.29) is 0 Å². The summed E-state index contributed by atoms with van der Waals surface area (Å²) < 4.78 is 1.07. The van der Waals surface area contributed by atoms with E-state index in [0.29, 0.717) is 0 Å². The number of rotatable bonds is 6. The first-order valence-electron chi connectivity index (χ1n) is 5.31. The number of halogens is 2. The highest BCUT2D eigenvalue weighted by Crippen LogP contribution is 2.21. The maximum atomic E-state index is 5.89. The minimum atomic E-state index is 0.723. The van der Waals surface area contributed by atoms with Gasteiger partial charge in [0, 0.05) is 21.3 Å². The molecule has 1 N–H and O–H groups in total. The van der Waals surface area contributed by atoms with Gasteiger partial charge in [-0.2, -0.15) is 11.8 Å². The van der Waals surface area contributed by atoms with E-state index >= 15 is 0 Å². The molecule has 0 heterocycles. The van der Waals surface area contributed by atoms with Crippen molar-refractivity contribution in [1.29, 1.82) is 0 Å².